The third-order valence-corrected chi connectivity index (χ3v) is 3.37. The van der Waals surface area contributed by atoms with Crippen molar-refractivity contribution in [1.29, 1.82) is 0 Å². The normalized spacial score (nSPS) is 14.8. The Morgan fingerprint density at radius 1 is 1.25 bits per heavy atom. The van der Waals surface area contributed by atoms with Gasteiger partial charge in [-0.2, -0.15) is 0 Å². The van der Waals surface area contributed by atoms with Gasteiger partial charge in [-0.05, 0) is 25.0 Å². The van der Waals surface area contributed by atoms with E-state index in [2.05, 4.69) is 10.1 Å². The maximum atomic E-state index is 11.8. The summed E-state index contributed by atoms with van der Waals surface area (Å²) in [6, 6.07) is 6.99. The predicted octanol–water partition coefficient (Wildman–Crippen LogP) is 1.91. The summed E-state index contributed by atoms with van der Waals surface area (Å²) in [7, 11) is 1.31. The zero-order chi connectivity index (χ0) is 14.4. The number of nitrogens with one attached hydrogen (secondary N) is 1. The van der Waals surface area contributed by atoms with Crippen LogP contribution < -0.4 is 10.1 Å². The number of carbonyl (C=O) groups excluding carboxylic acids is 2. The summed E-state index contributed by atoms with van der Waals surface area (Å²) in [6.07, 6.45) is 4.39. The zero-order valence-electron chi connectivity index (χ0n) is 11.6. The molecule has 5 nitrogen and oxygen atoms in total. The minimum Gasteiger partial charge on any atom is -0.483 e. The van der Waals surface area contributed by atoms with Crippen molar-refractivity contribution >= 4 is 11.9 Å². The molecule has 1 aromatic rings. The molecule has 1 saturated carbocycles. The number of amides is 1. The minimum absolute atomic E-state index is 0.0928. The van der Waals surface area contributed by atoms with Gasteiger partial charge in [0.25, 0.3) is 5.91 Å². The summed E-state index contributed by atoms with van der Waals surface area (Å²) in [5.74, 6) is -0.269. The summed E-state index contributed by atoms with van der Waals surface area (Å²) >= 11 is 0. The second-order valence-corrected chi connectivity index (χ2v) is 4.83. The molecule has 0 spiro atoms. The Morgan fingerprint density at radius 3 is 2.65 bits per heavy atom. The molecule has 108 valence electrons. The van der Waals surface area contributed by atoms with Gasteiger partial charge in [-0.1, -0.05) is 25.0 Å². The van der Waals surface area contributed by atoms with Gasteiger partial charge in [0.1, 0.15) is 11.3 Å². The third kappa shape index (κ3) is 3.73. The van der Waals surface area contributed by atoms with Gasteiger partial charge in [0, 0.05) is 6.04 Å². The fourth-order valence-electron chi connectivity index (χ4n) is 2.35. The van der Waals surface area contributed by atoms with Crippen LogP contribution in [0.4, 0.5) is 0 Å². The van der Waals surface area contributed by atoms with E-state index in [1.165, 1.54) is 7.11 Å². The van der Waals surface area contributed by atoms with Crippen molar-refractivity contribution in [2.24, 2.45) is 0 Å². The molecule has 0 atom stereocenters. The summed E-state index contributed by atoms with van der Waals surface area (Å²) in [6.45, 7) is -0.0928. The van der Waals surface area contributed by atoms with Crippen LogP contribution in [-0.2, 0) is 9.53 Å². The van der Waals surface area contributed by atoms with Crippen LogP contribution >= 0.6 is 0 Å². The van der Waals surface area contributed by atoms with Crippen molar-refractivity contribution in [1.82, 2.24) is 5.32 Å². The number of hydrogen-bond acceptors (Lipinski definition) is 4. The Morgan fingerprint density at radius 2 is 1.95 bits per heavy atom. The maximum Gasteiger partial charge on any atom is 0.341 e. The number of esters is 1. The second kappa shape index (κ2) is 6.93. The Labute approximate surface area is 118 Å². The highest BCUT2D eigenvalue weighted by molar-refractivity contribution is 5.92. The maximum absolute atomic E-state index is 11.8. The average molecular weight is 277 g/mol. The topological polar surface area (TPSA) is 64.6 Å². The zero-order valence-corrected chi connectivity index (χ0v) is 11.6. The number of hydrogen-bond donors (Lipinski definition) is 1. The molecule has 1 N–H and O–H groups in total. The first-order valence-corrected chi connectivity index (χ1v) is 6.80. The predicted molar refractivity (Wildman–Crippen MR) is 73.7 cm³/mol. The van der Waals surface area contributed by atoms with Gasteiger partial charge in [0.15, 0.2) is 6.61 Å². The van der Waals surface area contributed by atoms with Crippen molar-refractivity contribution in [3.8, 4) is 5.75 Å². The van der Waals surface area contributed by atoms with Crippen LogP contribution in [0.2, 0.25) is 0 Å². The van der Waals surface area contributed by atoms with Crippen molar-refractivity contribution in [3.05, 3.63) is 29.8 Å². The van der Waals surface area contributed by atoms with Gasteiger partial charge in [0.2, 0.25) is 0 Å². The number of ether oxygens (including phenoxy) is 2. The molecule has 0 saturated heterocycles. The molecule has 1 aliphatic carbocycles. The Balaban J connectivity index is 1.89. The van der Waals surface area contributed by atoms with Gasteiger partial charge in [-0.25, -0.2) is 4.79 Å². The molecular weight excluding hydrogens is 258 g/mol. The number of para-hydroxylation sites is 1. The Kier molecular flexibility index (Phi) is 4.98. The molecule has 20 heavy (non-hydrogen) atoms. The molecule has 2 rings (SSSR count). The first-order valence-electron chi connectivity index (χ1n) is 6.80. The van der Waals surface area contributed by atoms with Crippen molar-refractivity contribution in [2.75, 3.05) is 13.7 Å². The number of methoxy groups -OCH3 is 1. The van der Waals surface area contributed by atoms with Crippen molar-refractivity contribution in [2.45, 2.75) is 31.7 Å². The third-order valence-electron chi connectivity index (χ3n) is 3.37. The van der Waals surface area contributed by atoms with E-state index in [0.29, 0.717) is 11.3 Å². The fourth-order valence-corrected chi connectivity index (χ4v) is 2.35. The summed E-state index contributed by atoms with van der Waals surface area (Å²) < 4.78 is 10.1. The Hall–Kier alpha value is -2.04. The Bertz CT molecular complexity index is 481. The number of benzene rings is 1. The minimum atomic E-state index is -0.475. The van der Waals surface area contributed by atoms with Crippen LogP contribution in [0.1, 0.15) is 36.0 Å². The molecule has 5 heteroatoms. The largest absolute Gasteiger partial charge is 0.483 e. The highest BCUT2D eigenvalue weighted by atomic mass is 16.5. The molecule has 0 radical (unpaired) electrons. The van der Waals surface area contributed by atoms with E-state index in [1.807, 2.05) is 0 Å². The van der Waals surface area contributed by atoms with Gasteiger partial charge < -0.3 is 14.8 Å². The van der Waals surface area contributed by atoms with E-state index in [1.54, 1.807) is 24.3 Å². The molecule has 0 unspecified atom stereocenters. The van der Waals surface area contributed by atoms with E-state index in [-0.39, 0.29) is 18.6 Å². The first kappa shape index (κ1) is 14.4. The lowest BCUT2D eigenvalue weighted by Gasteiger charge is -2.13. The van der Waals surface area contributed by atoms with E-state index in [9.17, 15) is 9.59 Å². The van der Waals surface area contributed by atoms with Crippen molar-refractivity contribution < 1.29 is 19.1 Å². The van der Waals surface area contributed by atoms with Crippen molar-refractivity contribution in [3.63, 3.8) is 0 Å². The van der Waals surface area contributed by atoms with E-state index in [4.69, 9.17) is 4.74 Å². The highest BCUT2D eigenvalue weighted by Crippen LogP contribution is 2.19. The lowest BCUT2D eigenvalue weighted by atomic mass is 10.2. The molecule has 1 aromatic carbocycles. The van der Waals surface area contributed by atoms with E-state index in [0.717, 1.165) is 25.7 Å². The standard InChI is InChI=1S/C15H19NO4/c1-19-15(18)12-8-4-5-9-13(12)20-10-14(17)16-11-6-2-3-7-11/h4-5,8-9,11H,2-3,6-7,10H2,1H3,(H,16,17). The van der Waals surface area contributed by atoms with Gasteiger partial charge in [-0.3, -0.25) is 4.79 Å². The van der Waals surface area contributed by atoms with Crippen LogP contribution in [0.3, 0.4) is 0 Å². The van der Waals surface area contributed by atoms with Gasteiger partial charge >= 0.3 is 5.97 Å². The number of carbonyl (C=O) groups is 2. The fraction of sp³-hybridized carbons (Fsp3) is 0.467. The van der Waals surface area contributed by atoms with Crippen LogP contribution in [0.25, 0.3) is 0 Å². The molecule has 0 aromatic heterocycles. The SMILES string of the molecule is COC(=O)c1ccccc1OCC(=O)NC1CCCC1. The van der Waals surface area contributed by atoms with Crippen LogP contribution in [0, 0.1) is 0 Å². The number of rotatable bonds is 5. The first-order chi connectivity index (χ1) is 9.70. The molecular formula is C15H19NO4. The van der Waals surface area contributed by atoms with Gasteiger partial charge in [-0.15, -0.1) is 0 Å². The lowest BCUT2D eigenvalue weighted by Crippen LogP contribution is -2.36. The van der Waals surface area contributed by atoms with E-state index >= 15 is 0 Å². The highest BCUT2D eigenvalue weighted by Gasteiger charge is 2.18. The van der Waals surface area contributed by atoms with Crippen LogP contribution in [-0.4, -0.2) is 31.6 Å². The molecule has 1 fully saturated rings. The molecule has 0 heterocycles. The average Bonchev–Trinajstić information content (AvgIpc) is 2.97. The van der Waals surface area contributed by atoms with Gasteiger partial charge in [0.05, 0.1) is 7.11 Å². The smallest absolute Gasteiger partial charge is 0.341 e. The monoisotopic (exact) mass is 277 g/mol. The lowest BCUT2D eigenvalue weighted by molar-refractivity contribution is -0.123. The summed E-state index contributed by atoms with van der Waals surface area (Å²) in [5.41, 5.74) is 0.323. The second-order valence-electron chi connectivity index (χ2n) is 4.83. The molecule has 0 aliphatic heterocycles. The molecule has 1 aliphatic rings. The summed E-state index contributed by atoms with van der Waals surface area (Å²) in [4.78, 5) is 23.3. The molecule has 1 amide bonds. The summed E-state index contributed by atoms with van der Waals surface area (Å²) in [5, 5.41) is 2.93. The molecule has 0 bridgehead atoms. The quantitative estimate of drug-likeness (QED) is 0.835. The van der Waals surface area contributed by atoms with Crippen LogP contribution in [0.5, 0.6) is 5.75 Å². The van der Waals surface area contributed by atoms with Crippen LogP contribution in [0.15, 0.2) is 24.3 Å². The van der Waals surface area contributed by atoms with E-state index < -0.39 is 5.97 Å².